The Kier molecular flexibility index (Phi) is 11.8. The first-order valence-electron chi connectivity index (χ1n) is 12.4. The van der Waals surface area contributed by atoms with Gasteiger partial charge in [0.25, 0.3) is 0 Å². The van der Waals surface area contributed by atoms with E-state index >= 15 is 0 Å². The van der Waals surface area contributed by atoms with E-state index in [1.807, 2.05) is 41.5 Å². The molecule has 0 atom stereocenters. The number of nitrogens with zero attached hydrogens (tertiary/aromatic N) is 3. The van der Waals surface area contributed by atoms with Crippen molar-refractivity contribution in [1.82, 2.24) is 14.7 Å². The standard InChI is InChI=1S/C25H50N4O4/c1-23(2,3)20-29-16-14-27(18-21(30)32-24(4,5)6)12-10-26-11-13-28(15-17-29)19-22(31)33-25(7,8)9/h26H,10-20H2,1-9H3/p+1. The fourth-order valence-corrected chi connectivity index (χ4v) is 3.85. The maximum absolute atomic E-state index is 12.4. The molecule has 1 fully saturated rings. The molecular formula is C25H51N4O4+. The zero-order valence-electron chi connectivity index (χ0n) is 22.8. The molecule has 0 aromatic heterocycles. The van der Waals surface area contributed by atoms with E-state index in [1.165, 1.54) is 0 Å². The largest absolute Gasteiger partial charge is 0.459 e. The average Bonchev–Trinajstić information content (AvgIpc) is 2.57. The molecule has 0 aromatic rings. The molecule has 8 nitrogen and oxygen atoms in total. The highest BCUT2D eigenvalue weighted by molar-refractivity contribution is 5.72. The maximum Gasteiger partial charge on any atom is 0.320 e. The number of nitrogens with two attached hydrogens (primary N) is 1. The summed E-state index contributed by atoms with van der Waals surface area (Å²) in [7, 11) is 0. The first-order chi connectivity index (χ1) is 15.0. The first kappa shape index (κ1) is 29.8. The van der Waals surface area contributed by atoms with E-state index in [4.69, 9.17) is 9.47 Å². The average molecular weight is 472 g/mol. The highest BCUT2D eigenvalue weighted by Crippen LogP contribution is 2.15. The lowest BCUT2D eigenvalue weighted by atomic mass is 9.96. The minimum atomic E-state index is -0.467. The van der Waals surface area contributed by atoms with Crippen LogP contribution in [0.1, 0.15) is 62.3 Å². The van der Waals surface area contributed by atoms with Crippen LogP contribution >= 0.6 is 0 Å². The number of esters is 2. The minimum absolute atomic E-state index is 0.164. The van der Waals surface area contributed by atoms with Gasteiger partial charge in [0.1, 0.15) is 11.2 Å². The summed E-state index contributed by atoms with van der Waals surface area (Å²) < 4.78 is 11.1. The molecule has 1 rings (SSSR count). The third-order valence-corrected chi connectivity index (χ3v) is 5.01. The molecule has 0 unspecified atom stereocenters. The third-order valence-electron chi connectivity index (χ3n) is 5.01. The van der Waals surface area contributed by atoms with Gasteiger partial charge in [0.05, 0.1) is 26.2 Å². The van der Waals surface area contributed by atoms with Crippen LogP contribution in [0.3, 0.4) is 0 Å². The molecule has 1 aliphatic rings. The fourth-order valence-electron chi connectivity index (χ4n) is 3.85. The maximum atomic E-state index is 12.4. The van der Waals surface area contributed by atoms with E-state index in [-0.39, 0.29) is 17.4 Å². The van der Waals surface area contributed by atoms with Gasteiger partial charge >= 0.3 is 11.9 Å². The predicted octanol–water partition coefficient (Wildman–Crippen LogP) is 1.20. The van der Waals surface area contributed by atoms with Crippen molar-refractivity contribution in [2.75, 3.05) is 72.0 Å². The number of hydrogen-bond acceptors (Lipinski definition) is 7. The molecule has 8 heteroatoms. The Morgan fingerprint density at radius 3 is 1.33 bits per heavy atom. The van der Waals surface area contributed by atoms with Crippen LogP contribution < -0.4 is 5.32 Å². The SMILES string of the molecule is CC(C)(C)CN1CCN(CC(=O)OC(C)(C)C)CC[NH2+]CCN(CC(=O)OC(C)(C)C)CC1. The summed E-state index contributed by atoms with van der Waals surface area (Å²) in [6.45, 7) is 26.6. The van der Waals surface area contributed by atoms with Gasteiger partial charge in [-0.05, 0) is 47.0 Å². The third kappa shape index (κ3) is 16.1. The lowest BCUT2D eigenvalue weighted by Gasteiger charge is -2.34. The van der Waals surface area contributed by atoms with Gasteiger partial charge in [0.15, 0.2) is 0 Å². The van der Waals surface area contributed by atoms with Crippen molar-refractivity contribution in [3.8, 4) is 0 Å². The van der Waals surface area contributed by atoms with E-state index in [9.17, 15) is 9.59 Å². The predicted molar refractivity (Wildman–Crippen MR) is 132 cm³/mol. The normalized spacial score (nSPS) is 19.4. The van der Waals surface area contributed by atoms with Gasteiger partial charge in [-0.2, -0.15) is 0 Å². The number of quaternary nitrogens is 1. The van der Waals surface area contributed by atoms with Gasteiger partial charge in [0.2, 0.25) is 0 Å². The Hall–Kier alpha value is -1.22. The molecule has 0 radical (unpaired) electrons. The molecule has 1 heterocycles. The molecule has 1 saturated heterocycles. The van der Waals surface area contributed by atoms with Crippen LogP contribution in [0.4, 0.5) is 0 Å². The molecular weight excluding hydrogens is 420 g/mol. The molecule has 0 aromatic carbocycles. The van der Waals surface area contributed by atoms with Crippen LogP contribution in [-0.4, -0.2) is 110 Å². The zero-order valence-corrected chi connectivity index (χ0v) is 22.8. The molecule has 194 valence electrons. The summed E-state index contributed by atoms with van der Waals surface area (Å²) in [5.74, 6) is -0.332. The molecule has 0 amide bonds. The highest BCUT2D eigenvalue weighted by atomic mass is 16.6. The zero-order chi connectivity index (χ0) is 25.3. The fraction of sp³-hybridized carbons (Fsp3) is 0.920. The molecule has 0 aliphatic carbocycles. The van der Waals surface area contributed by atoms with Crippen molar-refractivity contribution >= 4 is 11.9 Å². The topological polar surface area (TPSA) is 78.9 Å². The van der Waals surface area contributed by atoms with Crippen molar-refractivity contribution in [3.63, 3.8) is 0 Å². The van der Waals surface area contributed by atoms with Gasteiger partial charge in [-0.1, -0.05) is 20.8 Å². The number of rotatable bonds is 5. The molecule has 1 aliphatic heterocycles. The summed E-state index contributed by atoms with van der Waals surface area (Å²) in [5, 5.41) is 2.26. The van der Waals surface area contributed by atoms with E-state index in [1.54, 1.807) is 0 Å². The Morgan fingerprint density at radius 1 is 0.636 bits per heavy atom. The van der Waals surface area contributed by atoms with Gasteiger partial charge in [0, 0.05) is 45.8 Å². The Morgan fingerprint density at radius 2 is 1.00 bits per heavy atom. The van der Waals surface area contributed by atoms with Crippen LogP contribution in [0.15, 0.2) is 0 Å². The van der Waals surface area contributed by atoms with Crippen LogP contribution in [0, 0.1) is 5.41 Å². The van der Waals surface area contributed by atoms with Crippen molar-refractivity contribution in [1.29, 1.82) is 0 Å². The monoisotopic (exact) mass is 471 g/mol. The molecule has 2 N–H and O–H groups in total. The minimum Gasteiger partial charge on any atom is -0.459 e. The van der Waals surface area contributed by atoms with Crippen molar-refractivity contribution in [2.24, 2.45) is 5.41 Å². The smallest absolute Gasteiger partial charge is 0.320 e. The van der Waals surface area contributed by atoms with Gasteiger partial charge < -0.3 is 19.7 Å². The van der Waals surface area contributed by atoms with Gasteiger partial charge in [-0.3, -0.25) is 19.4 Å². The van der Waals surface area contributed by atoms with Gasteiger partial charge in [-0.25, -0.2) is 0 Å². The first-order valence-corrected chi connectivity index (χ1v) is 12.4. The van der Waals surface area contributed by atoms with Gasteiger partial charge in [-0.15, -0.1) is 0 Å². The second kappa shape index (κ2) is 13.0. The number of carbonyl (C=O) groups is 2. The Bertz CT molecular complexity index is 561. The Balaban J connectivity index is 2.80. The van der Waals surface area contributed by atoms with Crippen LogP contribution in [-0.2, 0) is 19.1 Å². The molecule has 0 bridgehead atoms. The van der Waals surface area contributed by atoms with Crippen molar-refractivity contribution in [3.05, 3.63) is 0 Å². The van der Waals surface area contributed by atoms with E-state index < -0.39 is 11.2 Å². The summed E-state index contributed by atoms with van der Waals surface area (Å²) in [5.41, 5.74) is -0.770. The second-order valence-corrected chi connectivity index (χ2v) is 12.4. The summed E-state index contributed by atoms with van der Waals surface area (Å²) in [6.07, 6.45) is 0. The van der Waals surface area contributed by atoms with Crippen LogP contribution in [0.2, 0.25) is 0 Å². The summed E-state index contributed by atoms with van der Waals surface area (Å²) >= 11 is 0. The van der Waals surface area contributed by atoms with E-state index in [0.29, 0.717) is 13.1 Å². The van der Waals surface area contributed by atoms with E-state index in [0.717, 1.165) is 58.9 Å². The van der Waals surface area contributed by atoms with Crippen molar-refractivity contribution in [2.45, 2.75) is 73.5 Å². The van der Waals surface area contributed by atoms with Crippen molar-refractivity contribution < 1.29 is 24.4 Å². The van der Waals surface area contributed by atoms with Crippen LogP contribution in [0.25, 0.3) is 0 Å². The van der Waals surface area contributed by atoms with E-state index in [2.05, 4.69) is 40.8 Å². The lowest BCUT2D eigenvalue weighted by molar-refractivity contribution is -0.654. The Labute approximate surface area is 202 Å². The van der Waals surface area contributed by atoms with Crippen LogP contribution in [0.5, 0.6) is 0 Å². The summed E-state index contributed by atoms with van der Waals surface area (Å²) in [6, 6.07) is 0. The summed E-state index contributed by atoms with van der Waals surface area (Å²) in [4.78, 5) is 31.7. The quantitative estimate of drug-likeness (QED) is 0.604. The number of ether oxygens (including phenoxy) is 2. The second-order valence-electron chi connectivity index (χ2n) is 12.4. The highest BCUT2D eigenvalue weighted by Gasteiger charge is 2.24. The lowest BCUT2D eigenvalue weighted by Crippen LogP contribution is -2.87. The molecule has 0 spiro atoms. The number of carbonyl (C=O) groups excluding carboxylic acids is 2. The molecule has 33 heavy (non-hydrogen) atoms. The number of hydrogen-bond donors (Lipinski definition) is 1. The molecule has 0 saturated carbocycles.